The molecule has 3 aliphatic heterocycles. The number of primary amides is 1. The van der Waals surface area contributed by atoms with Gasteiger partial charge in [-0.15, -0.1) is 0 Å². The first kappa shape index (κ1) is 25.7. The van der Waals surface area contributed by atoms with Gasteiger partial charge in [-0.25, -0.2) is 0 Å². The van der Waals surface area contributed by atoms with Crippen molar-refractivity contribution in [2.75, 3.05) is 33.3 Å². The molecule has 3 saturated heterocycles. The molecule has 3 heterocycles. The third-order valence-electron chi connectivity index (χ3n) is 8.89. The van der Waals surface area contributed by atoms with Gasteiger partial charge in [0.15, 0.2) is 5.78 Å². The van der Waals surface area contributed by atoms with E-state index < -0.39 is 30.0 Å². The van der Waals surface area contributed by atoms with Crippen molar-refractivity contribution in [2.45, 2.75) is 75.0 Å². The van der Waals surface area contributed by atoms with E-state index in [9.17, 15) is 14.4 Å². The Morgan fingerprint density at radius 1 is 1.16 bits per heavy atom. The first-order chi connectivity index (χ1) is 17.9. The monoisotopic (exact) mass is 508 g/mol. The molecule has 0 bridgehead atoms. The van der Waals surface area contributed by atoms with Gasteiger partial charge in [0.25, 0.3) is 0 Å². The second-order valence-electron chi connectivity index (χ2n) is 11.1. The number of hydrogen-bond donors (Lipinski definition) is 1. The number of benzene rings is 1. The first-order valence-corrected chi connectivity index (χ1v) is 13.5. The van der Waals surface area contributed by atoms with Crippen LogP contribution in [0.5, 0.6) is 0 Å². The maximum absolute atomic E-state index is 14.4. The number of ether oxygens (including phenoxy) is 1. The second-order valence-corrected chi connectivity index (χ2v) is 11.1. The van der Waals surface area contributed by atoms with Gasteiger partial charge in [0.1, 0.15) is 12.6 Å². The van der Waals surface area contributed by atoms with Crippen LogP contribution < -0.4 is 5.73 Å². The van der Waals surface area contributed by atoms with Crippen molar-refractivity contribution in [1.82, 2.24) is 9.80 Å². The number of piperidine rings is 1. The van der Waals surface area contributed by atoms with Crippen LogP contribution in [-0.2, 0) is 14.3 Å². The fourth-order valence-electron chi connectivity index (χ4n) is 6.92. The average Bonchev–Trinajstić information content (AvgIpc) is 3.46. The van der Waals surface area contributed by atoms with E-state index in [-0.39, 0.29) is 30.8 Å². The van der Waals surface area contributed by atoms with Gasteiger partial charge in [-0.05, 0) is 80.4 Å². The quantitative estimate of drug-likeness (QED) is 0.357. The van der Waals surface area contributed by atoms with Gasteiger partial charge in [-0.1, -0.05) is 36.5 Å². The van der Waals surface area contributed by atoms with Crippen LogP contribution in [0.15, 0.2) is 23.3 Å². The van der Waals surface area contributed by atoms with Crippen molar-refractivity contribution in [3.05, 3.63) is 45.3 Å². The Hall–Kier alpha value is -2.94. The number of Topliss-reactive ketones (excluding diaryl/α,β-unsaturated/α-hetero) is 1. The molecule has 4 aliphatic rings. The number of azide groups is 1. The first-order valence-electron chi connectivity index (χ1n) is 13.5. The zero-order valence-corrected chi connectivity index (χ0v) is 21.4. The lowest BCUT2D eigenvalue weighted by Crippen LogP contribution is -2.46. The van der Waals surface area contributed by atoms with Gasteiger partial charge >= 0.3 is 0 Å². The molecular formula is C27H36N6O4. The summed E-state index contributed by atoms with van der Waals surface area (Å²) >= 11 is 0. The van der Waals surface area contributed by atoms with Gasteiger partial charge in [-0.3, -0.25) is 14.4 Å². The third kappa shape index (κ3) is 4.98. The number of nitrogens with zero attached hydrogens (tertiary/aromatic N) is 5. The van der Waals surface area contributed by atoms with E-state index in [1.807, 2.05) is 12.1 Å². The van der Waals surface area contributed by atoms with Crippen LogP contribution in [0.25, 0.3) is 10.4 Å². The lowest BCUT2D eigenvalue weighted by Gasteiger charge is -2.35. The molecule has 10 nitrogen and oxygen atoms in total. The molecule has 4 atom stereocenters. The third-order valence-corrected chi connectivity index (χ3v) is 8.89. The number of carbonyl (C=O) groups excluding carboxylic acids is 3. The van der Waals surface area contributed by atoms with Crippen molar-refractivity contribution in [3.8, 4) is 0 Å². The summed E-state index contributed by atoms with van der Waals surface area (Å²) in [7, 11) is 2.12. The Morgan fingerprint density at radius 2 is 1.89 bits per heavy atom. The predicted octanol–water partition coefficient (Wildman–Crippen LogP) is 3.12. The maximum atomic E-state index is 14.4. The fraction of sp³-hybridized carbons (Fsp3) is 0.667. The lowest BCUT2D eigenvalue weighted by molar-refractivity contribution is -0.139. The lowest BCUT2D eigenvalue weighted by atomic mass is 9.73. The van der Waals surface area contributed by atoms with Crippen molar-refractivity contribution >= 4 is 17.6 Å². The Morgan fingerprint density at radius 3 is 2.57 bits per heavy atom. The SMILES string of the molecule is CN1CCC(c2ccc(C(N)=O)c([C@@H](C(=O)N3C[C@H](N=[N+]=[N-])[C@H]4OCC(=O)[C@H]43)C3CCCCC3)c2)CC1. The number of ketones is 1. The summed E-state index contributed by atoms with van der Waals surface area (Å²) in [5, 5.41) is 3.84. The van der Waals surface area contributed by atoms with Crippen LogP contribution in [0.2, 0.25) is 0 Å². The molecule has 4 fully saturated rings. The molecule has 0 spiro atoms. The molecule has 10 heteroatoms. The van der Waals surface area contributed by atoms with Crippen molar-refractivity contribution in [3.63, 3.8) is 0 Å². The second kappa shape index (κ2) is 10.8. The summed E-state index contributed by atoms with van der Waals surface area (Å²) in [6.45, 7) is 2.04. The summed E-state index contributed by atoms with van der Waals surface area (Å²) in [5.41, 5.74) is 17.1. The van der Waals surface area contributed by atoms with E-state index in [2.05, 4.69) is 22.0 Å². The van der Waals surface area contributed by atoms with E-state index >= 15 is 0 Å². The Balaban J connectivity index is 1.55. The molecule has 1 saturated carbocycles. The standard InChI is InChI=1S/C27H36N6O4/c1-32-11-9-16(10-12-32)18-7-8-19(26(28)35)20(13-18)23(17-5-3-2-4-6-17)27(36)33-14-21(30-31-29)25-24(33)22(34)15-37-25/h7-8,13,16-17,21,23-25H,2-6,9-12,14-15H2,1H3,(H2,28,35)/t21-,23-,24+,25+/m0/s1. The molecule has 0 unspecified atom stereocenters. The molecule has 2 amide bonds. The van der Waals surface area contributed by atoms with Crippen LogP contribution in [0.3, 0.4) is 0 Å². The van der Waals surface area contributed by atoms with Gasteiger partial charge in [0.2, 0.25) is 11.8 Å². The minimum Gasteiger partial charge on any atom is -0.367 e. The minimum atomic E-state index is -0.761. The van der Waals surface area contributed by atoms with E-state index in [0.29, 0.717) is 17.0 Å². The number of carbonyl (C=O) groups is 3. The number of rotatable bonds is 6. The molecular weight excluding hydrogens is 472 g/mol. The van der Waals surface area contributed by atoms with E-state index in [0.717, 1.165) is 63.6 Å². The highest BCUT2D eigenvalue weighted by Crippen LogP contribution is 2.42. The number of amides is 2. The van der Waals surface area contributed by atoms with E-state index in [4.69, 9.17) is 16.0 Å². The zero-order valence-electron chi connectivity index (χ0n) is 21.4. The summed E-state index contributed by atoms with van der Waals surface area (Å²) < 4.78 is 5.65. The van der Waals surface area contributed by atoms with Gasteiger partial charge in [-0.2, -0.15) is 0 Å². The van der Waals surface area contributed by atoms with E-state index in [1.54, 1.807) is 11.0 Å². The van der Waals surface area contributed by atoms with Crippen LogP contribution >= 0.6 is 0 Å². The highest BCUT2D eigenvalue weighted by molar-refractivity contribution is 5.99. The summed E-state index contributed by atoms with van der Waals surface area (Å²) in [6, 6.07) is 4.44. The Kier molecular flexibility index (Phi) is 7.51. The predicted molar refractivity (Wildman–Crippen MR) is 137 cm³/mol. The van der Waals surface area contributed by atoms with E-state index in [1.165, 1.54) is 0 Å². The van der Waals surface area contributed by atoms with Gasteiger partial charge in [0, 0.05) is 17.0 Å². The molecule has 0 aromatic heterocycles. The van der Waals surface area contributed by atoms with Crippen molar-refractivity contribution in [2.24, 2.45) is 16.8 Å². The fourth-order valence-corrected chi connectivity index (χ4v) is 6.92. The smallest absolute Gasteiger partial charge is 0.249 e. The Bertz CT molecular complexity index is 1100. The molecule has 198 valence electrons. The average molecular weight is 509 g/mol. The van der Waals surface area contributed by atoms with Crippen LogP contribution in [0.1, 0.15) is 78.3 Å². The number of nitrogens with two attached hydrogens (primary N) is 1. The summed E-state index contributed by atoms with van der Waals surface area (Å²) in [4.78, 5) is 46.6. The molecule has 1 aliphatic carbocycles. The highest BCUT2D eigenvalue weighted by atomic mass is 16.5. The largest absolute Gasteiger partial charge is 0.367 e. The van der Waals surface area contributed by atoms with Crippen LogP contribution in [0, 0.1) is 5.92 Å². The van der Waals surface area contributed by atoms with Gasteiger partial charge in [0.05, 0.1) is 18.1 Å². The molecule has 5 rings (SSSR count). The number of hydrogen-bond acceptors (Lipinski definition) is 6. The zero-order chi connectivity index (χ0) is 26.1. The summed E-state index contributed by atoms with van der Waals surface area (Å²) in [6.07, 6.45) is 6.32. The normalized spacial score (nSPS) is 28.1. The maximum Gasteiger partial charge on any atom is 0.249 e. The van der Waals surface area contributed by atoms with Crippen molar-refractivity contribution in [1.29, 1.82) is 0 Å². The summed E-state index contributed by atoms with van der Waals surface area (Å²) in [5.74, 6) is -1.11. The molecule has 0 radical (unpaired) electrons. The molecule has 2 N–H and O–H groups in total. The number of likely N-dealkylation sites (tertiary alicyclic amines) is 2. The molecule has 1 aromatic carbocycles. The van der Waals surface area contributed by atoms with Crippen LogP contribution in [0.4, 0.5) is 0 Å². The minimum absolute atomic E-state index is 0.0430. The molecule has 1 aromatic rings. The Labute approximate surface area is 217 Å². The number of fused-ring (bicyclic) bond motifs is 1. The molecule has 37 heavy (non-hydrogen) atoms. The van der Waals surface area contributed by atoms with Crippen molar-refractivity contribution < 1.29 is 19.1 Å². The highest BCUT2D eigenvalue weighted by Gasteiger charge is 2.53. The van der Waals surface area contributed by atoms with Gasteiger partial charge < -0.3 is 20.3 Å². The van der Waals surface area contributed by atoms with Crippen LogP contribution in [-0.4, -0.2) is 78.9 Å². The topological polar surface area (TPSA) is 142 Å².